The van der Waals surface area contributed by atoms with Gasteiger partial charge in [-0.15, -0.1) is 0 Å². The van der Waals surface area contributed by atoms with Crippen LogP contribution >= 0.6 is 0 Å². The van der Waals surface area contributed by atoms with Crippen LogP contribution < -0.4 is 0 Å². The lowest BCUT2D eigenvalue weighted by molar-refractivity contribution is -0.136. The van der Waals surface area contributed by atoms with Gasteiger partial charge in [-0.1, -0.05) is 12.8 Å². The van der Waals surface area contributed by atoms with E-state index in [0.717, 1.165) is 25.7 Å². The van der Waals surface area contributed by atoms with E-state index in [1.807, 2.05) is 4.90 Å². The zero-order valence-corrected chi connectivity index (χ0v) is 11.1. The van der Waals surface area contributed by atoms with E-state index in [1.54, 1.807) is 0 Å². The van der Waals surface area contributed by atoms with Crippen LogP contribution in [-0.2, 0) is 14.8 Å². The first kappa shape index (κ1) is 12.8. The van der Waals surface area contributed by atoms with E-state index in [-0.39, 0.29) is 11.8 Å². The summed E-state index contributed by atoms with van der Waals surface area (Å²) in [4.78, 5) is 13.9. The average Bonchev–Trinajstić information content (AvgIpc) is 2.80. The highest BCUT2D eigenvalue weighted by Gasteiger charge is 2.31. The van der Waals surface area contributed by atoms with Crippen molar-refractivity contribution in [1.82, 2.24) is 9.21 Å². The van der Waals surface area contributed by atoms with Crippen LogP contribution in [0.5, 0.6) is 0 Å². The summed E-state index contributed by atoms with van der Waals surface area (Å²) in [6, 6.07) is 0. The molecule has 2 fully saturated rings. The summed E-state index contributed by atoms with van der Waals surface area (Å²) in [6.07, 6.45) is 5.54. The molecule has 0 radical (unpaired) electrons. The molecule has 0 unspecified atom stereocenters. The first-order valence-electron chi connectivity index (χ1n) is 6.22. The van der Waals surface area contributed by atoms with Gasteiger partial charge in [-0.3, -0.25) is 4.79 Å². The van der Waals surface area contributed by atoms with E-state index in [4.69, 9.17) is 0 Å². The number of hydrogen-bond donors (Lipinski definition) is 0. The van der Waals surface area contributed by atoms with Crippen LogP contribution in [0, 0.1) is 5.92 Å². The number of piperazine rings is 1. The molecule has 2 aliphatic rings. The van der Waals surface area contributed by atoms with E-state index in [0.29, 0.717) is 26.2 Å². The summed E-state index contributed by atoms with van der Waals surface area (Å²) in [5, 5.41) is 0. The standard InChI is InChI=1S/C11H20N2O3S/c1-17(15,16)13-8-6-12(7-9-13)11(14)10-4-2-3-5-10/h10H,2-9H2,1H3. The highest BCUT2D eigenvalue weighted by molar-refractivity contribution is 7.88. The molecule has 1 aliphatic heterocycles. The minimum Gasteiger partial charge on any atom is -0.340 e. The van der Waals surface area contributed by atoms with Crippen molar-refractivity contribution in [3.05, 3.63) is 0 Å². The summed E-state index contributed by atoms with van der Waals surface area (Å²) in [5.74, 6) is 0.426. The molecular weight excluding hydrogens is 240 g/mol. The van der Waals surface area contributed by atoms with E-state index in [1.165, 1.54) is 10.6 Å². The molecular formula is C11H20N2O3S. The van der Waals surface area contributed by atoms with Crippen molar-refractivity contribution in [2.24, 2.45) is 5.92 Å². The van der Waals surface area contributed by atoms with Gasteiger partial charge in [0, 0.05) is 32.1 Å². The number of nitrogens with zero attached hydrogens (tertiary/aromatic N) is 2. The molecule has 6 heteroatoms. The Labute approximate surface area is 103 Å². The quantitative estimate of drug-likeness (QED) is 0.716. The zero-order chi connectivity index (χ0) is 12.5. The molecule has 0 N–H and O–H groups in total. The lowest BCUT2D eigenvalue weighted by Gasteiger charge is -2.34. The van der Waals surface area contributed by atoms with E-state index < -0.39 is 10.0 Å². The van der Waals surface area contributed by atoms with Gasteiger partial charge in [-0.2, -0.15) is 4.31 Å². The molecule has 0 aromatic carbocycles. The molecule has 1 heterocycles. The van der Waals surface area contributed by atoms with Crippen molar-refractivity contribution in [2.45, 2.75) is 25.7 Å². The molecule has 1 saturated carbocycles. The fourth-order valence-electron chi connectivity index (χ4n) is 2.67. The Morgan fingerprint density at radius 3 is 2.06 bits per heavy atom. The third-order valence-corrected chi connectivity index (χ3v) is 5.03. The van der Waals surface area contributed by atoms with Gasteiger partial charge in [0.15, 0.2) is 0 Å². The van der Waals surface area contributed by atoms with Crippen LogP contribution in [-0.4, -0.2) is 56.0 Å². The fourth-order valence-corrected chi connectivity index (χ4v) is 3.50. The Balaban J connectivity index is 1.88. The first-order valence-corrected chi connectivity index (χ1v) is 8.07. The Morgan fingerprint density at radius 2 is 1.59 bits per heavy atom. The van der Waals surface area contributed by atoms with Gasteiger partial charge >= 0.3 is 0 Å². The maximum Gasteiger partial charge on any atom is 0.225 e. The molecule has 1 amide bonds. The minimum absolute atomic E-state index is 0.194. The largest absolute Gasteiger partial charge is 0.340 e. The lowest BCUT2D eigenvalue weighted by Crippen LogP contribution is -2.51. The van der Waals surface area contributed by atoms with Gasteiger partial charge in [0.25, 0.3) is 0 Å². The molecule has 1 aliphatic carbocycles. The van der Waals surface area contributed by atoms with Gasteiger partial charge in [0.2, 0.25) is 15.9 Å². The van der Waals surface area contributed by atoms with Crippen LogP contribution in [0.2, 0.25) is 0 Å². The van der Waals surface area contributed by atoms with Gasteiger partial charge in [0.1, 0.15) is 0 Å². The van der Waals surface area contributed by atoms with Gasteiger partial charge in [-0.25, -0.2) is 8.42 Å². The molecule has 0 spiro atoms. The Kier molecular flexibility index (Phi) is 3.73. The first-order chi connectivity index (χ1) is 7.98. The van der Waals surface area contributed by atoms with Crippen molar-refractivity contribution >= 4 is 15.9 Å². The molecule has 17 heavy (non-hydrogen) atoms. The normalized spacial score (nSPS) is 24.2. The third-order valence-electron chi connectivity index (χ3n) is 3.72. The molecule has 2 rings (SSSR count). The van der Waals surface area contributed by atoms with Gasteiger partial charge in [-0.05, 0) is 12.8 Å². The molecule has 98 valence electrons. The molecule has 0 bridgehead atoms. The van der Waals surface area contributed by atoms with E-state index in [9.17, 15) is 13.2 Å². The number of carbonyl (C=O) groups excluding carboxylic acids is 1. The fraction of sp³-hybridized carbons (Fsp3) is 0.909. The monoisotopic (exact) mass is 260 g/mol. The van der Waals surface area contributed by atoms with Gasteiger partial charge < -0.3 is 4.90 Å². The Bertz CT molecular complexity index is 380. The number of sulfonamides is 1. The van der Waals surface area contributed by atoms with Crippen molar-refractivity contribution in [3.8, 4) is 0 Å². The second-order valence-electron chi connectivity index (χ2n) is 4.97. The maximum atomic E-state index is 12.1. The predicted molar refractivity (Wildman–Crippen MR) is 65.0 cm³/mol. The van der Waals surface area contributed by atoms with Crippen molar-refractivity contribution in [2.75, 3.05) is 32.4 Å². The summed E-state index contributed by atoms with van der Waals surface area (Å²) in [7, 11) is -3.10. The van der Waals surface area contributed by atoms with E-state index in [2.05, 4.69) is 0 Å². The summed E-state index contributed by atoms with van der Waals surface area (Å²) in [6.45, 7) is 1.97. The number of carbonyl (C=O) groups is 1. The van der Waals surface area contributed by atoms with E-state index >= 15 is 0 Å². The van der Waals surface area contributed by atoms with Crippen LogP contribution in [0.1, 0.15) is 25.7 Å². The number of hydrogen-bond acceptors (Lipinski definition) is 3. The maximum absolute atomic E-state index is 12.1. The van der Waals surface area contributed by atoms with Crippen LogP contribution in [0.3, 0.4) is 0 Å². The summed E-state index contributed by atoms with van der Waals surface area (Å²) in [5.41, 5.74) is 0. The second kappa shape index (κ2) is 4.94. The van der Waals surface area contributed by atoms with Gasteiger partial charge in [0.05, 0.1) is 6.26 Å². The van der Waals surface area contributed by atoms with Crippen LogP contribution in [0.25, 0.3) is 0 Å². The minimum atomic E-state index is -3.10. The summed E-state index contributed by atoms with van der Waals surface area (Å²) < 4.78 is 24.1. The molecule has 0 aromatic rings. The topological polar surface area (TPSA) is 57.7 Å². The van der Waals surface area contributed by atoms with Crippen molar-refractivity contribution in [3.63, 3.8) is 0 Å². The van der Waals surface area contributed by atoms with Crippen molar-refractivity contribution < 1.29 is 13.2 Å². The van der Waals surface area contributed by atoms with Crippen molar-refractivity contribution in [1.29, 1.82) is 0 Å². The Hall–Kier alpha value is -0.620. The second-order valence-corrected chi connectivity index (χ2v) is 6.95. The third kappa shape index (κ3) is 2.98. The smallest absolute Gasteiger partial charge is 0.225 e. The predicted octanol–water partition coefficient (Wildman–Crippen LogP) is 0.280. The Morgan fingerprint density at radius 1 is 1.06 bits per heavy atom. The lowest BCUT2D eigenvalue weighted by atomic mass is 10.1. The zero-order valence-electron chi connectivity index (χ0n) is 10.3. The molecule has 0 aromatic heterocycles. The highest BCUT2D eigenvalue weighted by Crippen LogP contribution is 2.27. The van der Waals surface area contributed by atoms with Crippen LogP contribution in [0.4, 0.5) is 0 Å². The van der Waals surface area contributed by atoms with Crippen LogP contribution in [0.15, 0.2) is 0 Å². The number of amides is 1. The SMILES string of the molecule is CS(=O)(=O)N1CCN(C(=O)C2CCCC2)CC1. The summed E-state index contributed by atoms with van der Waals surface area (Å²) >= 11 is 0. The number of rotatable bonds is 2. The molecule has 5 nitrogen and oxygen atoms in total. The molecule has 1 saturated heterocycles. The highest BCUT2D eigenvalue weighted by atomic mass is 32.2. The average molecular weight is 260 g/mol. The molecule has 0 atom stereocenters.